The summed E-state index contributed by atoms with van der Waals surface area (Å²) >= 11 is 0. The summed E-state index contributed by atoms with van der Waals surface area (Å²) in [7, 11) is 0. The van der Waals surface area contributed by atoms with Crippen LogP contribution in [-0.2, 0) is 10.4 Å². The van der Waals surface area contributed by atoms with Gasteiger partial charge in [-0.15, -0.1) is 0 Å². The van der Waals surface area contributed by atoms with Crippen molar-refractivity contribution in [3.05, 3.63) is 64.8 Å². The number of carbonyl (C=O) groups excluding carboxylic acids is 1. The number of amides is 1. The van der Waals surface area contributed by atoms with Crippen LogP contribution in [-0.4, -0.2) is 21.2 Å². The maximum absolute atomic E-state index is 12.6. The molecule has 1 aliphatic heterocycles. The molecular formula is C19H17N3O3. The van der Waals surface area contributed by atoms with Crippen molar-refractivity contribution in [1.82, 2.24) is 10.1 Å². The van der Waals surface area contributed by atoms with Crippen molar-refractivity contribution in [2.75, 3.05) is 5.32 Å². The highest BCUT2D eigenvalue weighted by molar-refractivity contribution is 6.07. The van der Waals surface area contributed by atoms with Gasteiger partial charge >= 0.3 is 0 Å². The summed E-state index contributed by atoms with van der Waals surface area (Å²) < 4.78 is 5.24. The predicted molar refractivity (Wildman–Crippen MR) is 92.0 cm³/mol. The number of rotatable bonds is 2. The Kier molecular flexibility index (Phi) is 3.27. The fourth-order valence-corrected chi connectivity index (χ4v) is 3.38. The lowest BCUT2D eigenvalue weighted by Crippen LogP contribution is -2.35. The third-order valence-corrected chi connectivity index (χ3v) is 4.60. The van der Waals surface area contributed by atoms with E-state index in [1.54, 1.807) is 18.3 Å². The minimum absolute atomic E-state index is 0.444. The average molecular weight is 335 g/mol. The van der Waals surface area contributed by atoms with E-state index < -0.39 is 11.5 Å². The summed E-state index contributed by atoms with van der Waals surface area (Å²) in [6, 6.07) is 7.24. The summed E-state index contributed by atoms with van der Waals surface area (Å²) in [5.74, 6) is 0.210. The monoisotopic (exact) mass is 335 g/mol. The molecule has 3 heterocycles. The number of nitrogens with one attached hydrogen (secondary N) is 1. The number of pyridine rings is 1. The molecule has 4 rings (SSSR count). The Morgan fingerprint density at radius 2 is 1.96 bits per heavy atom. The molecule has 1 unspecified atom stereocenters. The SMILES string of the molecule is Cc1cncc(C2(O)C(=O)Nc3ccc(-c4c(C)noc4C)cc32)c1. The summed E-state index contributed by atoms with van der Waals surface area (Å²) in [4.78, 5) is 16.7. The molecule has 2 aromatic heterocycles. The molecule has 1 aromatic carbocycles. The van der Waals surface area contributed by atoms with Crippen LogP contribution in [0.4, 0.5) is 5.69 Å². The van der Waals surface area contributed by atoms with Gasteiger partial charge in [-0.2, -0.15) is 0 Å². The molecule has 0 fully saturated rings. The third-order valence-electron chi connectivity index (χ3n) is 4.60. The van der Waals surface area contributed by atoms with E-state index >= 15 is 0 Å². The van der Waals surface area contributed by atoms with E-state index in [4.69, 9.17) is 4.52 Å². The van der Waals surface area contributed by atoms with Crippen molar-refractivity contribution in [2.24, 2.45) is 0 Å². The zero-order chi connectivity index (χ0) is 17.8. The Labute approximate surface area is 144 Å². The highest BCUT2D eigenvalue weighted by Crippen LogP contribution is 2.43. The van der Waals surface area contributed by atoms with Crippen LogP contribution in [0.5, 0.6) is 0 Å². The molecular weight excluding hydrogens is 318 g/mol. The number of fused-ring (bicyclic) bond motifs is 1. The highest BCUT2D eigenvalue weighted by Gasteiger charge is 2.47. The molecule has 3 aromatic rings. The summed E-state index contributed by atoms with van der Waals surface area (Å²) in [6.45, 7) is 5.57. The summed E-state index contributed by atoms with van der Waals surface area (Å²) in [5.41, 5.74) is 3.09. The molecule has 0 bridgehead atoms. The van der Waals surface area contributed by atoms with Gasteiger partial charge in [0.1, 0.15) is 5.76 Å². The molecule has 6 nitrogen and oxygen atoms in total. The first-order valence-electron chi connectivity index (χ1n) is 7.95. The van der Waals surface area contributed by atoms with E-state index in [-0.39, 0.29) is 0 Å². The van der Waals surface area contributed by atoms with Crippen LogP contribution in [0.3, 0.4) is 0 Å². The normalized spacial score (nSPS) is 19.0. The zero-order valence-corrected chi connectivity index (χ0v) is 14.1. The first-order valence-corrected chi connectivity index (χ1v) is 7.95. The molecule has 25 heavy (non-hydrogen) atoms. The number of aliphatic hydroxyl groups is 1. The molecule has 2 N–H and O–H groups in total. The second-order valence-electron chi connectivity index (χ2n) is 6.38. The number of benzene rings is 1. The first-order chi connectivity index (χ1) is 11.9. The second-order valence-corrected chi connectivity index (χ2v) is 6.38. The fourth-order valence-electron chi connectivity index (χ4n) is 3.38. The van der Waals surface area contributed by atoms with Crippen LogP contribution in [0, 0.1) is 20.8 Å². The highest BCUT2D eigenvalue weighted by atomic mass is 16.5. The Morgan fingerprint density at radius 3 is 2.64 bits per heavy atom. The van der Waals surface area contributed by atoms with Crippen molar-refractivity contribution in [3.63, 3.8) is 0 Å². The van der Waals surface area contributed by atoms with Gasteiger partial charge in [-0.05, 0) is 50.1 Å². The molecule has 1 aliphatic rings. The molecule has 0 saturated carbocycles. The van der Waals surface area contributed by atoms with E-state index in [1.165, 1.54) is 6.20 Å². The molecule has 0 radical (unpaired) electrons. The summed E-state index contributed by atoms with van der Waals surface area (Å²) in [6.07, 6.45) is 3.20. The fraction of sp³-hybridized carbons (Fsp3) is 0.211. The van der Waals surface area contributed by atoms with Crippen molar-refractivity contribution in [2.45, 2.75) is 26.4 Å². The van der Waals surface area contributed by atoms with Crippen LogP contribution in [0.2, 0.25) is 0 Å². The Morgan fingerprint density at radius 1 is 1.16 bits per heavy atom. The van der Waals surface area contributed by atoms with Crippen LogP contribution in [0.15, 0.2) is 41.2 Å². The topological polar surface area (TPSA) is 88.3 Å². The van der Waals surface area contributed by atoms with Crippen molar-refractivity contribution in [3.8, 4) is 11.1 Å². The van der Waals surface area contributed by atoms with Crippen molar-refractivity contribution >= 4 is 11.6 Å². The van der Waals surface area contributed by atoms with E-state index in [2.05, 4.69) is 15.5 Å². The Balaban J connectivity index is 1.93. The Hall–Kier alpha value is -2.99. The van der Waals surface area contributed by atoms with Gasteiger partial charge in [0.05, 0.1) is 5.69 Å². The minimum atomic E-state index is -1.77. The molecule has 1 amide bonds. The predicted octanol–water partition coefficient (Wildman–Crippen LogP) is 2.85. The standard InChI is InChI=1S/C19H17N3O3/c1-10-6-14(9-20-8-10)19(24)15-7-13(4-5-16(15)21-18(19)23)17-11(2)22-25-12(17)3/h4-9,24H,1-3H3,(H,21,23). The van der Waals surface area contributed by atoms with Crippen LogP contribution >= 0.6 is 0 Å². The lowest BCUT2D eigenvalue weighted by atomic mass is 9.86. The number of aryl methyl sites for hydroxylation is 3. The molecule has 0 spiro atoms. The number of anilines is 1. The van der Waals surface area contributed by atoms with Crippen LogP contribution in [0.1, 0.15) is 28.1 Å². The van der Waals surface area contributed by atoms with Gasteiger partial charge in [0.15, 0.2) is 5.60 Å². The molecule has 0 aliphatic carbocycles. The first kappa shape index (κ1) is 15.5. The lowest BCUT2D eigenvalue weighted by Gasteiger charge is -2.21. The van der Waals surface area contributed by atoms with Gasteiger partial charge in [-0.3, -0.25) is 9.78 Å². The maximum Gasteiger partial charge on any atom is 0.265 e. The zero-order valence-electron chi connectivity index (χ0n) is 14.1. The summed E-state index contributed by atoms with van der Waals surface area (Å²) in [5, 5.41) is 18.0. The van der Waals surface area contributed by atoms with Gasteiger partial charge in [0.2, 0.25) is 0 Å². The molecule has 126 valence electrons. The average Bonchev–Trinajstić information content (AvgIpc) is 3.05. The van der Waals surface area contributed by atoms with E-state index in [0.717, 1.165) is 22.4 Å². The van der Waals surface area contributed by atoms with Crippen molar-refractivity contribution in [1.29, 1.82) is 0 Å². The number of nitrogens with zero attached hydrogens (tertiary/aromatic N) is 2. The number of aromatic nitrogens is 2. The molecule has 6 heteroatoms. The number of hydrogen-bond acceptors (Lipinski definition) is 5. The smallest absolute Gasteiger partial charge is 0.265 e. The van der Waals surface area contributed by atoms with Gasteiger partial charge in [-0.25, -0.2) is 0 Å². The van der Waals surface area contributed by atoms with E-state index in [9.17, 15) is 9.90 Å². The Bertz CT molecular complexity index is 989. The number of carbonyl (C=O) groups is 1. The largest absolute Gasteiger partial charge is 0.372 e. The maximum atomic E-state index is 12.6. The van der Waals surface area contributed by atoms with Gasteiger partial charge in [0, 0.05) is 34.8 Å². The molecule has 0 saturated heterocycles. The van der Waals surface area contributed by atoms with E-state index in [0.29, 0.717) is 22.6 Å². The van der Waals surface area contributed by atoms with E-state index in [1.807, 2.05) is 32.9 Å². The van der Waals surface area contributed by atoms with Crippen LogP contribution < -0.4 is 5.32 Å². The van der Waals surface area contributed by atoms with Crippen molar-refractivity contribution < 1.29 is 14.4 Å². The van der Waals surface area contributed by atoms with Crippen LogP contribution in [0.25, 0.3) is 11.1 Å². The molecule has 1 atom stereocenters. The van der Waals surface area contributed by atoms with Gasteiger partial charge < -0.3 is 14.9 Å². The minimum Gasteiger partial charge on any atom is -0.372 e. The van der Waals surface area contributed by atoms with Gasteiger partial charge in [-0.1, -0.05) is 11.2 Å². The third kappa shape index (κ3) is 2.18. The second kappa shape index (κ2) is 5.26. The van der Waals surface area contributed by atoms with Gasteiger partial charge in [0.25, 0.3) is 5.91 Å². The number of hydrogen-bond donors (Lipinski definition) is 2. The lowest BCUT2D eigenvalue weighted by molar-refractivity contribution is -0.129. The quantitative estimate of drug-likeness (QED) is 0.752.